The van der Waals surface area contributed by atoms with Crippen molar-refractivity contribution in [1.29, 1.82) is 0 Å². The van der Waals surface area contributed by atoms with Crippen molar-refractivity contribution in [1.82, 2.24) is 23.7 Å². The van der Waals surface area contributed by atoms with Gasteiger partial charge in [0.1, 0.15) is 22.7 Å². The average Bonchev–Trinajstić information content (AvgIpc) is 3.11. The van der Waals surface area contributed by atoms with Crippen molar-refractivity contribution in [3.63, 3.8) is 0 Å². The number of imidazole rings is 1. The molecule has 0 saturated carbocycles. The predicted octanol–water partition coefficient (Wildman–Crippen LogP) is 1.39. The van der Waals surface area contributed by atoms with Crippen LogP contribution in [0.5, 0.6) is 0 Å². The first-order chi connectivity index (χ1) is 12.3. The third-order valence-electron chi connectivity index (χ3n) is 4.45. The van der Waals surface area contributed by atoms with Crippen LogP contribution >= 0.6 is 0 Å². The molecule has 0 radical (unpaired) electrons. The van der Waals surface area contributed by atoms with Gasteiger partial charge in [0.25, 0.3) is 5.91 Å². The highest BCUT2D eigenvalue weighted by atomic mass is 32.2. The van der Waals surface area contributed by atoms with Crippen molar-refractivity contribution in [3.8, 4) is 5.82 Å². The minimum Gasteiger partial charge on any atom is -0.343 e. The second kappa shape index (κ2) is 7.16. The van der Waals surface area contributed by atoms with Gasteiger partial charge < -0.3 is 4.90 Å². The van der Waals surface area contributed by atoms with Crippen LogP contribution < -0.4 is 0 Å². The van der Waals surface area contributed by atoms with Crippen LogP contribution in [0.3, 0.4) is 0 Å². The molecule has 0 unspecified atom stereocenters. The van der Waals surface area contributed by atoms with Gasteiger partial charge in [-0.3, -0.25) is 9.36 Å². The molecule has 1 fully saturated rings. The van der Waals surface area contributed by atoms with Gasteiger partial charge in [0, 0.05) is 39.6 Å². The highest BCUT2D eigenvalue weighted by Crippen LogP contribution is 2.23. The maximum atomic E-state index is 12.8. The van der Waals surface area contributed by atoms with Gasteiger partial charge in [-0.15, -0.1) is 0 Å². The van der Waals surface area contributed by atoms with E-state index in [9.17, 15) is 13.2 Å². The average molecular weight is 377 g/mol. The molecule has 0 bridgehead atoms. The summed E-state index contributed by atoms with van der Waals surface area (Å²) in [6.07, 6.45) is 6.35. The van der Waals surface area contributed by atoms with E-state index in [-0.39, 0.29) is 10.8 Å². The summed E-state index contributed by atoms with van der Waals surface area (Å²) >= 11 is 0. The molecular weight excluding hydrogens is 354 g/mol. The number of hydrogen-bond acceptors (Lipinski definition) is 5. The Balaban J connectivity index is 1.81. The minimum atomic E-state index is -3.53. The van der Waals surface area contributed by atoms with Gasteiger partial charge in [-0.2, -0.15) is 4.31 Å². The van der Waals surface area contributed by atoms with E-state index in [1.54, 1.807) is 37.0 Å². The van der Waals surface area contributed by atoms with Gasteiger partial charge in [-0.25, -0.2) is 18.4 Å². The molecule has 3 heterocycles. The summed E-state index contributed by atoms with van der Waals surface area (Å²) in [7, 11) is -0.221. The summed E-state index contributed by atoms with van der Waals surface area (Å²) < 4.78 is 28.7. The SMILES string of the molecule is C[C@H]1CCCN(S(=O)(=O)c2ccc(-n3cnc(C(=O)N(C)C)c3)nc2)C1. The molecule has 2 aromatic rings. The van der Waals surface area contributed by atoms with Crippen LogP contribution in [0, 0.1) is 5.92 Å². The van der Waals surface area contributed by atoms with E-state index in [4.69, 9.17) is 0 Å². The zero-order chi connectivity index (χ0) is 18.9. The lowest BCUT2D eigenvalue weighted by Crippen LogP contribution is -2.39. The fraction of sp³-hybridized carbons (Fsp3) is 0.471. The number of carbonyl (C=O) groups excluding carboxylic acids is 1. The molecule has 0 aromatic carbocycles. The van der Waals surface area contributed by atoms with Crippen molar-refractivity contribution >= 4 is 15.9 Å². The molecule has 8 nitrogen and oxygen atoms in total. The fourth-order valence-corrected chi connectivity index (χ4v) is 4.52. The summed E-state index contributed by atoms with van der Waals surface area (Å²) in [5, 5.41) is 0. The first kappa shape index (κ1) is 18.5. The number of nitrogens with zero attached hydrogens (tertiary/aromatic N) is 5. The monoisotopic (exact) mass is 377 g/mol. The van der Waals surface area contributed by atoms with E-state index in [1.807, 2.05) is 0 Å². The van der Waals surface area contributed by atoms with Gasteiger partial charge >= 0.3 is 0 Å². The Hall–Kier alpha value is -2.26. The number of rotatable bonds is 4. The van der Waals surface area contributed by atoms with Crippen molar-refractivity contribution in [2.45, 2.75) is 24.7 Å². The molecule has 9 heteroatoms. The Kier molecular flexibility index (Phi) is 5.10. The zero-order valence-corrected chi connectivity index (χ0v) is 16.0. The minimum absolute atomic E-state index is 0.181. The van der Waals surface area contributed by atoms with Crippen LogP contribution in [-0.4, -0.2) is 65.3 Å². The number of hydrogen-bond donors (Lipinski definition) is 0. The molecule has 26 heavy (non-hydrogen) atoms. The summed E-state index contributed by atoms with van der Waals surface area (Å²) in [5.41, 5.74) is 0.302. The maximum absolute atomic E-state index is 12.8. The molecule has 0 aliphatic carbocycles. The van der Waals surface area contributed by atoms with Crippen molar-refractivity contribution in [2.75, 3.05) is 27.2 Å². The van der Waals surface area contributed by atoms with Crippen LogP contribution in [0.4, 0.5) is 0 Å². The molecule has 1 aliphatic rings. The van der Waals surface area contributed by atoms with Crippen LogP contribution in [0.2, 0.25) is 0 Å². The maximum Gasteiger partial charge on any atom is 0.273 e. The number of pyridine rings is 1. The normalized spacial score (nSPS) is 18.7. The van der Waals surface area contributed by atoms with Gasteiger partial charge in [-0.1, -0.05) is 6.92 Å². The molecule has 1 aliphatic heterocycles. The fourth-order valence-electron chi connectivity index (χ4n) is 2.98. The summed E-state index contributed by atoms with van der Waals surface area (Å²) in [6.45, 7) is 3.16. The Morgan fingerprint density at radius 1 is 1.27 bits per heavy atom. The van der Waals surface area contributed by atoms with E-state index in [0.29, 0.717) is 30.5 Å². The Morgan fingerprint density at radius 3 is 2.65 bits per heavy atom. The summed E-state index contributed by atoms with van der Waals surface area (Å²) in [5.74, 6) is 0.660. The Bertz CT molecular complexity index is 889. The van der Waals surface area contributed by atoms with Gasteiger partial charge in [0.05, 0.1) is 0 Å². The highest BCUT2D eigenvalue weighted by molar-refractivity contribution is 7.89. The molecule has 2 aromatic heterocycles. The number of piperidine rings is 1. The standard InChI is InChI=1S/C17H23N5O3S/c1-13-5-4-8-22(10-13)26(24,25)14-6-7-16(18-9-14)21-11-15(19-12-21)17(23)20(2)3/h6-7,9,11-13H,4-5,8,10H2,1-3H3/t13-/m0/s1. The number of aromatic nitrogens is 3. The van der Waals surface area contributed by atoms with E-state index >= 15 is 0 Å². The Labute approximate surface area is 153 Å². The quantitative estimate of drug-likeness (QED) is 0.803. The van der Waals surface area contributed by atoms with E-state index < -0.39 is 10.0 Å². The van der Waals surface area contributed by atoms with Crippen LogP contribution in [0.15, 0.2) is 35.7 Å². The predicted molar refractivity (Wildman–Crippen MR) is 96.5 cm³/mol. The van der Waals surface area contributed by atoms with Gasteiger partial charge in [0.2, 0.25) is 10.0 Å². The second-order valence-corrected chi connectivity index (χ2v) is 8.77. The highest BCUT2D eigenvalue weighted by Gasteiger charge is 2.28. The Morgan fingerprint density at radius 2 is 2.04 bits per heavy atom. The van der Waals surface area contributed by atoms with Crippen LogP contribution in [-0.2, 0) is 10.0 Å². The molecular formula is C17H23N5O3S. The lowest BCUT2D eigenvalue weighted by atomic mass is 10.0. The molecule has 1 saturated heterocycles. The largest absolute Gasteiger partial charge is 0.343 e. The van der Waals surface area contributed by atoms with Gasteiger partial charge in [0.15, 0.2) is 0 Å². The summed E-state index contributed by atoms with van der Waals surface area (Å²) in [6, 6.07) is 3.16. The van der Waals surface area contributed by atoms with Crippen molar-refractivity contribution < 1.29 is 13.2 Å². The van der Waals surface area contributed by atoms with E-state index in [1.165, 1.54) is 21.7 Å². The van der Waals surface area contributed by atoms with Crippen LogP contribution in [0.25, 0.3) is 5.82 Å². The third-order valence-corrected chi connectivity index (χ3v) is 6.30. The topological polar surface area (TPSA) is 88.4 Å². The number of amides is 1. The smallest absolute Gasteiger partial charge is 0.273 e. The molecule has 3 rings (SSSR count). The third kappa shape index (κ3) is 3.63. The van der Waals surface area contributed by atoms with Crippen molar-refractivity contribution in [3.05, 3.63) is 36.5 Å². The molecule has 1 amide bonds. The second-order valence-electron chi connectivity index (χ2n) is 6.83. The van der Waals surface area contributed by atoms with E-state index in [0.717, 1.165) is 12.8 Å². The van der Waals surface area contributed by atoms with Crippen molar-refractivity contribution in [2.24, 2.45) is 5.92 Å². The molecule has 1 atom stereocenters. The molecule has 0 N–H and O–H groups in total. The lowest BCUT2D eigenvalue weighted by Gasteiger charge is -2.29. The number of sulfonamides is 1. The van der Waals surface area contributed by atoms with Gasteiger partial charge in [-0.05, 0) is 30.9 Å². The van der Waals surface area contributed by atoms with Crippen LogP contribution in [0.1, 0.15) is 30.3 Å². The van der Waals surface area contributed by atoms with E-state index in [2.05, 4.69) is 16.9 Å². The number of carbonyl (C=O) groups is 1. The lowest BCUT2D eigenvalue weighted by molar-refractivity contribution is 0.0822. The zero-order valence-electron chi connectivity index (χ0n) is 15.2. The first-order valence-corrected chi connectivity index (χ1v) is 9.95. The summed E-state index contributed by atoms with van der Waals surface area (Å²) in [4.78, 5) is 21.9. The molecule has 0 spiro atoms. The first-order valence-electron chi connectivity index (χ1n) is 8.51. The molecule has 140 valence electrons.